The third-order valence-corrected chi connectivity index (χ3v) is 3.33. The Hall–Kier alpha value is -2.55. The monoisotopic (exact) mass is 286 g/mol. The number of imidazole rings is 1. The van der Waals surface area contributed by atoms with E-state index in [0.717, 1.165) is 0 Å². The molecule has 1 unspecified atom stereocenters. The number of carbonyl (C=O) groups excluding carboxylic acids is 1. The Labute approximate surface area is 123 Å². The molecule has 0 radical (unpaired) electrons. The largest absolute Gasteiger partial charge is 0.467 e. The van der Waals surface area contributed by atoms with Crippen LogP contribution in [0.25, 0.3) is 11.0 Å². The van der Waals surface area contributed by atoms with E-state index in [-0.39, 0.29) is 17.8 Å². The Kier molecular flexibility index (Phi) is 4.13. The number of nitrogen functional groups attached to an aromatic ring is 1. The lowest BCUT2D eigenvalue weighted by Gasteiger charge is -2.20. The molecule has 110 valence electrons. The summed E-state index contributed by atoms with van der Waals surface area (Å²) in [7, 11) is 1.35. The molecule has 0 amide bonds. The molecule has 0 aliphatic rings. The highest BCUT2D eigenvalue weighted by Gasteiger charge is 2.26. The molecule has 6 nitrogen and oxygen atoms in total. The standard InChI is InChI=1S/C15H18N4O2/c1-9(2)6-13(14(20)21-3)19-12-7-10(8-16)4-5-11(12)18-15(19)17/h4-5,7,9,13H,6H2,1-3H3,(H2,17,18). The van der Waals surface area contributed by atoms with Gasteiger partial charge < -0.3 is 10.5 Å². The summed E-state index contributed by atoms with van der Waals surface area (Å²) < 4.78 is 6.54. The van der Waals surface area contributed by atoms with E-state index in [1.54, 1.807) is 22.8 Å². The molecule has 0 fully saturated rings. The first kappa shape index (κ1) is 14.9. The molecular formula is C15H18N4O2. The number of carbonyl (C=O) groups is 1. The predicted octanol–water partition coefficient (Wildman–Crippen LogP) is 2.25. The van der Waals surface area contributed by atoms with Crippen molar-refractivity contribution in [3.8, 4) is 6.07 Å². The highest BCUT2D eigenvalue weighted by molar-refractivity contribution is 5.84. The van der Waals surface area contributed by atoms with Gasteiger partial charge in [0.1, 0.15) is 6.04 Å². The first-order chi connectivity index (χ1) is 9.97. The number of methoxy groups -OCH3 is 1. The van der Waals surface area contributed by atoms with Gasteiger partial charge in [-0.3, -0.25) is 4.57 Å². The number of ether oxygens (including phenoxy) is 1. The van der Waals surface area contributed by atoms with Gasteiger partial charge >= 0.3 is 5.97 Å². The number of benzene rings is 1. The molecule has 0 spiro atoms. The molecule has 0 saturated heterocycles. The van der Waals surface area contributed by atoms with Crippen molar-refractivity contribution in [1.29, 1.82) is 5.26 Å². The summed E-state index contributed by atoms with van der Waals surface area (Å²) in [6, 6.07) is 6.62. The van der Waals surface area contributed by atoms with Crippen molar-refractivity contribution in [2.24, 2.45) is 5.92 Å². The van der Waals surface area contributed by atoms with E-state index in [9.17, 15) is 4.79 Å². The van der Waals surface area contributed by atoms with Crippen molar-refractivity contribution in [2.75, 3.05) is 12.8 Å². The quantitative estimate of drug-likeness (QED) is 0.870. The maximum Gasteiger partial charge on any atom is 0.328 e. The van der Waals surface area contributed by atoms with E-state index in [1.165, 1.54) is 7.11 Å². The summed E-state index contributed by atoms with van der Waals surface area (Å²) in [4.78, 5) is 16.4. The summed E-state index contributed by atoms with van der Waals surface area (Å²) in [5.74, 6) is 0.165. The lowest BCUT2D eigenvalue weighted by atomic mass is 10.0. The van der Waals surface area contributed by atoms with Crippen LogP contribution in [0, 0.1) is 17.2 Å². The minimum absolute atomic E-state index is 0.246. The lowest BCUT2D eigenvalue weighted by molar-refractivity contribution is -0.145. The normalized spacial score (nSPS) is 12.3. The highest BCUT2D eigenvalue weighted by Crippen LogP contribution is 2.28. The van der Waals surface area contributed by atoms with Crippen LogP contribution in [0.15, 0.2) is 18.2 Å². The van der Waals surface area contributed by atoms with Crippen LogP contribution in [0.2, 0.25) is 0 Å². The number of nitrogens with two attached hydrogens (primary N) is 1. The van der Waals surface area contributed by atoms with Gasteiger partial charge in [-0.25, -0.2) is 9.78 Å². The van der Waals surface area contributed by atoms with E-state index in [2.05, 4.69) is 11.1 Å². The maximum atomic E-state index is 12.1. The Morgan fingerprint density at radius 3 is 2.81 bits per heavy atom. The molecule has 2 aromatic rings. The number of aromatic nitrogens is 2. The van der Waals surface area contributed by atoms with Crippen LogP contribution >= 0.6 is 0 Å². The number of anilines is 1. The molecule has 21 heavy (non-hydrogen) atoms. The zero-order chi connectivity index (χ0) is 15.6. The van der Waals surface area contributed by atoms with Crippen molar-refractivity contribution in [3.63, 3.8) is 0 Å². The van der Waals surface area contributed by atoms with Gasteiger partial charge in [-0.1, -0.05) is 13.8 Å². The zero-order valence-electron chi connectivity index (χ0n) is 12.3. The summed E-state index contributed by atoms with van der Waals surface area (Å²) >= 11 is 0. The number of hydrogen-bond acceptors (Lipinski definition) is 5. The number of hydrogen-bond donors (Lipinski definition) is 1. The Balaban J connectivity index is 2.63. The maximum absolute atomic E-state index is 12.1. The molecular weight excluding hydrogens is 268 g/mol. The smallest absolute Gasteiger partial charge is 0.328 e. The number of fused-ring (bicyclic) bond motifs is 1. The molecule has 0 bridgehead atoms. The van der Waals surface area contributed by atoms with Gasteiger partial charge in [0.2, 0.25) is 5.95 Å². The first-order valence-corrected chi connectivity index (χ1v) is 6.73. The van der Waals surface area contributed by atoms with Gasteiger partial charge in [0.05, 0.1) is 29.8 Å². The van der Waals surface area contributed by atoms with E-state index < -0.39 is 6.04 Å². The number of nitrogens with zero attached hydrogens (tertiary/aromatic N) is 3. The second kappa shape index (κ2) is 5.83. The predicted molar refractivity (Wildman–Crippen MR) is 79.4 cm³/mol. The van der Waals surface area contributed by atoms with Gasteiger partial charge in [-0.2, -0.15) is 5.26 Å². The average Bonchev–Trinajstić information content (AvgIpc) is 2.78. The molecule has 1 aromatic carbocycles. The zero-order valence-corrected chi connectivity index (χ0v) is 12.3. The SMILES string of the molecule is COC(=O)C(CC(C)C)n1c(N)nc2ccc(C#N)cc21. The van der Waals surface area contributed by atoms with Gasteiger partial charge in [-0.15, -0.1) is 0 Å². The minimum atomic E-state index is -0.547. The van der Waals surface area contributed by atoms with Gasteiger partial charge in [0, 0.05) is 0 Å². The molecule has 0 aliphatic heterocycles. The highest BCUT2D eigenvalue weighted by atomic mass is 16.5. The Morgan fingerprint density at radius 1 is 1.52 bits per heavy atom. The molecule has 2 rings (SSSR count). The van der Waals surface area contributed by atoms with Crippen molar-refractivity contribution in [2.45, 2.75) is 26.3 Å². The fraction of sp³-hybridized carbons (Fsp3) is 0.400. The summed E-state index contributed by atoms with van der Waals surface area (Å²) in [6.45, 7) is 4.04. The van der Waals surface area contributed by atoms with Gasteiger partial charge in [0.15, 0.2) is 0 Å². The Bertz CT molecular complexity index is 712. The lowest BCUT2D eigenvalue weighted by Crippen LogP contribution is -2.23. The van der Waals surface area contributed by atoms with Crippen molar-refractivity contribution >= 4 is 23.0 Å². The van der Waals surface area contributed by atoms with Gasteiger partial charge in [-0.05, 0) is 30.5 Å². The van der Waals surface area contributed by atoms with Crippen LogP contribution in [0.5, 0.6) is 0 Å². The molecule has 1 heterocycles. The van der Waals surface area contributed by atoms with E-state index >= 15 is 0 Å². The third-order valence-electron chi connectivity index (χ3n) is 3.33. The number of esters is 1. The van der Waals surface area contributed by atoms with E-state index in [1.807, 2.05) is 13.8 Å². The molecule has 2 N–H and O–H groups in total. The Morgan fingerprint density at radius 2 is 2.24 bits per heavy atom. The topological polar surface area (TPSA) is 93.9 Å². The second-order valence-electron chi connectivity index (χ2n) is 5.32. The van der Waals surface area contributed by atoms with Gasteiger partial charge in [0.25, 0.3) is 0 Å². The summed E-state index contributed by atoms with van der Waals surface area (Å²) in [5, 5.41) is 9.03. The fourth-order valence-electron chi connectivity index (χ4n) is 2.40. The second-order valence-corrected chi connectivity index (χ2v) is 5.32. The van der Waals surface area contributed by atoms with Crippen molar-refractivity contribution < 1.29 is 9.53 Å². The van der Waals surface area contributed by atoms with E-state index in [4.69, 9.17) is 15.7 Å². The molecule has 6 heteroatoms. The van der Waals surface area contributed by atoms with Crippen LogP contribution in [0.1, 0.15) is 31.9 Å². The van der Waals surface area contributed by atoms with Crippen LogP contribution in [-0.2, 0) is 9.53 Å². The van der Waals surface area contributed by atoms with E-state index in [0.29, 0.717) is 23.0 Å². The van der Waals surface area contributed by atoms with Crippen molar-refractivity contribution in [3.05, 3.63) is 23.8 Å². The number of rotatable bonds is 4. The fourth-order valence-corrected chi connectivity index (χ4v) is 2.40. The summed E-state index contributed by atoms with van der Waals surface area (Å²) in [6.07, 6.45) is 0.582. The van der Waals surface area contributed by atoms with Crippen LogP contribution in [0.3, 0.4) is 0 Å². The third kappa shape index (κ3) is 2.82. The minimum Gasteiger partial charge on any atom is -0.467 e. The first-order valence-electron chi connectivity index (χ1n) is 6.73. The van der Waals surface area contributed by atoms with Crippen LogP contribution < -0.4 is 5.73 Å². The van der Waals surface area contributed by atoms with Crippen LogP contribution in [-0.4, -0.2) is 22.6 Å². The average molecular weight is 286 g/mol. The molecule has 1 aromatic heterocycles. The van der Waals surface area contributed by atoms with Crippen molar-refractivity contribution in [1.82, 2.24) is 9.55 Å². The molecule has 0 saturated carbocycles. The molecule has 1 atom stereocenters. The van der Waals surface area contributed by atoms with Crippen LogP contribution in [0.4, 0.5) is 5.95 Å². The number of nitriles is 1. The molecule has 0 aliphatic carbocycles. The summed E-state index contributed by atoms with van der Waals surface area (Å²) in [5.41, 5.74) is 7.80.